The van der Waals surface area contributed by atoms with Crippen molar-refractivity contribution in [1.82, 2.24) is 4.90 Å². The van der Waals surface area contributed by atoms with Gasteiger partial charge < -0.3 is 10.5 Å². The van der Waals surface area contributed by atoms with E-state index in [1.807, 2.05) is 12.1 Å². The quantitative estimate of drug-likeness (QED) is 0.684. The van der Waals surface area contributed by atoms with E-state index in [-0.39, 0.29) is 11.9 Å². The first-order chi connectivity index (χ1) is 10.0. The van der Waals surface area contributed by atoms with Crippen LogP contribution >= 0.6 is 0 Å². The molecule has 0 aromatic heterocycles. The van der Waals surface area contributed by atoms with Crippen LogP contribution in [-0.2, 0) is 9.53 Å². The molecule has 1 saturated carbocycles. The maximum Gasteiger partial charge on any atom is 0.308 e. The van der Waals surface area contributed by atoms with Crippen molar-refractivity contribution in [2.75, 3.05) is 19.9 Å². The van der Waals surface area contributed by atoms with Crippen LogP contribution in [0, 0.1) is 5.92 Å². The summed E-state index contributed by atoms with van der Waals surface area (Å²) in [5.41, 5.74) is 7.82. The molecule has 1 aromatic carbocycles. The fourth-order valence-electron chi connectivity index (χ4n) is 3.21. The summed E-state index contributed by atoms with van der Waals surface area (Å²) < 4.78 is 4.85. The molecule has 4 heteroatoms. The van der Waals surface area contributed by atoms with Gasteiger partial charge in [-0.1, -0.05) is 12.1 Å². The highest BCUT2D eigenvalue weighted by molar-refractivity contribution is 5.72. The van der Waals surface area contributed by atoms with Gasteiger partial charge in [-0.05, 0) is 57.4 Å². The molecule has 1 aliphatic carbocycles. The van der Waals surface area contributed by atoms with E-state index < -0.39 is 0 Å². The first kappa shape index (κ1) is 15.8. The first-order valence-electron chi connectivity index (χ1n) is 7.68. The molecule has 2 N–H and O–H groups in total. The third kappa shape index (κ3) is 3.76. The lowest BCUT2D eigenvalue weighted by molar-refractivity contribution is -0.146. The van der Waals surface area contributed by atoms with Crippen molar-refractivity contribution < 1.29 is 9.53 Å². The Kier molecular flexibility index (Phi) is 5.23. The molecule has 1 aliphatic rings. The summed E-state index contributed by atoms with van der Waals surface area (Å²) in [6, 6.07) is 8.97. The molecule has 0 aliphatic heterocycles. The van der Waals surface area contributed by atoms with E-state index in [4.69, 9.17) is 10.5 Å². The number of methoxy groups -OCH3 is 1. The molecular formula is C17H26N2O2. The molecule has 0 bridgehead atoms. The number of esters is 1. The van der Waals surface area contributed by atoms with Crippen molar-refractivity contribution in [2.24, 2.45) is 5.92 Å². The summed E-state index contributed by atoms with van der Waals surface area (Å²) in [5, 5.41) is 0. The third-order valence-electron chi connectivity index (χ3n) is 4.84. The van der Waals surface area contributed by atoms with E-state index in [2.05, 4.69) is 31.0 Å². The SMILES string of the molecule is COC(=O)C1CCC(N(C)C(C)c2ccc(N)cc2)CC1. The number of hydrogen-bond donors (Lipinski definition) is 1. The zero-order chi connectivity index (χ0) is 15.4. The largest absolute Gasteiger partial charge is 0.469 e. The van der Waals surface area contributed by atoms with Gasteiger partial charge in [-0.25, -0.2) is 0 Å². The first-order valence-corrected chi connectivity index (χ1v) is 7.68. The maximum absolute atomic E-state index is 11.6. The molecule has 0 heterocycles. The normalized spacial score (nSPS) is 23.8. The molecular weight excluding hydrogens is 264 g/mol. The zero-order valence-corrected chi connectivity index (χ0v) is 13.2. The number of hydrogen-bond acceptors (Lipinski definition) is 4. The molecule has 1 fully saturated rings. The summed E-state index contributed by atoms with van der Waals surface area (Å²) in [6.07, 6.45) is 3.96. The monoisotopic (exact) mass is 290 g/mol. The van der Waals surface area contributed by atoms with Gasteiger partial charge in [-0.15, -0.1) is 0 Å². The minimum atomic E-state index is -0.0531. The molecule has 0 amide bonds. The van der Waals surface area contributed by atoms with Gasteiger partial charge in [0.25, 0.3) is 0 Å². The highest BCUT2D eigenvalue weighted by Crippen LogP contribution is 2.32. The summed E-state index contributed by atoms with van der Waals surface area (Å²) in [7, 11) is 3.65. The van der Waals surface area contributed by atoms with Crippen LogP contribution < -0.4 is 5.73 Å². The van der Waals surface area contributed by atoms with Crippen LogP contribution in [-0.4, -0.2) is 31.1 Å². The number of benzene rings is 1. The Morgan fingerprint density at radius 2 is 1.81 bits per heavy atom. The number of rotatable bonds is 4. The summed E-state index contributed by atoms with van der Waals surface area (Å²) in [6.45, 7) is 2.22. The third-order valence-corrected chi connectivity index (χ3v) is 4.84. The van der Waals surface area contributed by atoms with Crippen LogP contribution in [0.25, 0.3) is 0 Å². The van der Waals surface area contributed by atoms with Crippen LogP contribution in [0.1, 0.15) is 44.2 Å². The van der Waals surface area contributed by atoms with Gasteiger partial charge in [0.15, 0.2) is 0 Å². The lowest BCUT2D eigenvalue weighted by atomic mass is 9.85. The highest BCUT2D eigenvalue weighted by atomic mass is 16.5. The number of nitrogens with zero attached hydrogens (tertiary/aromatic N) is 1. The highest BCUT2D eigenvalue weighted by Gasteiger charge is 2.30. The lowest BCUT2D eigenvalue weighted by Crippen LogP contribution is -2.38. The Bertz CT molecular complexity index is 464. The number of carbonyl (C=O) groups excluding carboxylic acids is 1. The van der Waals surface area contributed by atoms with Crippen LogP contribution in [0.15, 0.2) is 24.3 Å². The van der Waals surface area contributed by atoms with Gasteiger partial charge in [0, 0.05) is 17.8 Å². The molecule has 1 aromatic rings. The average Bonchev–Trinajstić information content (AvgIpc) is 2.53. The molecule has 0 saturated heterocycles. The van der Waals surface area contributed by atoms with Crippen molar-refractivity contribution >= 4 is 11.7 Å². The van der Waals surface area contributed by atoms with E-state index >= 15 is 0 Å². The van der Waals surface area contributed by atoms with Crippen LogP contribution in [0.2, 0.25) is 0 Å². The minimum Gasteiger partial charge on any atom is -0.469 e. The Morgan fingerprint density at radius 3 is 2.33 bits per heavy atom. The van der Waals surface area contributed by atoms with E-state index in [0.29, 0.717) is 12.1 Å². The molecule has 21 heavy (non-hydrogen) atoms. The number of nitrogens with two attached hydrogens (primary N) is 1. The minimum absolute atomic E-state index is 0.0531. The number of anilines is 1. The lowest BCUT2D eigenvalue weighted by Gasteiger charge is -2.37. The predicted molar refractivity (Wildman–Crippen MR) is 84.8 cm³/mol. The van der Waals surface area contributed by atoms with Crippen molar-refractivity contribution in [3.8, 4) is 0 Å². The van der Waals surface area contributed by atoms with Crippen LogP contribution in [0.5, 0.6) is 0 Å². The molecule has 116 valence electrons. The van der Waals surface area contributed by atoms with Crippen molar-refractivity contribution in [1.29, 1.82) is 0 Å². The molecule has 0 spiro atoms. The number of carbonyl (C=O) groups is 1. The fourth-order valence-corrected chi connectivity index (χ4v) is 3.21. The molecule has 1 unspecified atom stereocenters. The Morgan fingerprint density at radius 1 is 1.24 bits per heavy atom. The van der Waals surface area contributed by atoms with E-state index in [1.54, 1.807) is 0 Å². The summed E-state index contributed by atoms with van der Waals surface area (Å²) in [5.74, 6) is 0.0363. The zero-order valence-electron chi connectivity index (χ0n) is 13.2. The second-order valence-electron chi connectivity index (χ2n) is 6.04. The van der Waals surface area contributed by atoms with Crippen LogP contribution in [0.4, 0.5) is 5.69 Å². The van der Waals surface area contributed by atoms with Crippen LogP contribution in [0.3, 0.4) is 0 Å². The summed E-state index contributed by atoms with van der Waals surface area (Å²) >= 11 is 0. The average molecular weight is 290 g/mol. The standard InChI is InChI=1S/C17H26N2O2/c1-12(13-4-8-15(18)9-5-13)19(2)16-10-6-14(7-11-16)17(20)21-3/h4-5,8-9,12,14,16H,6-7,10-11,18H2,1-3H3. The number of ether oxygens (including phenoxy) is 1. The fraction of sp³-hybridized carbons (Fsp3) is 0.588. The van der Waals surface area contributed by atoms with E-state index in [1.165, 1.54) is 12.7 Å². The van der Waals surface area contributed by atoms with Gasteiger partial charge in [0.05, 0.1) is 13.0 Å². The van der Waals surface area contributed by atoms with Gasteiger partial charge in [-0.2, -0.15) is 0 Å². The second-order valence-corrected chi connectivity index (χ2v) is 6.04. The summed E-state index contributed by atoms with van der Waals surface area (Å²) in [4.78, 5) is 14.0. The van der Waals surface area contributed by atoms with Crippen molar-refractivity contribution in [2.45, 2.75) is 44.7 Å². The van der Waals surface area contributed by atoms with E-state index in [0.717, 1.165) is 31.4 Å². The molecule has 1 atom stereocenters. The Labute approximate surface area is 127 Å². The van der Waals surface area contributed by atoms with Gasteiger partial charge in [-0.3, -0.25) is 9.69 Å². The van der Waals surface area contributed by atoms with Crippen molar-refractivity contribution in [3.63, 3.8) is 0 Å². The van der Waals surface area contributed by atoms with Gasteiger partial charge in [0.2, 0.25) is 0 Å². The maximum atomic E-state index is 11.6. The van der Waals surface area contributed by atoms with E-state index in [9.17, 15) is 4.79 Å². The van der Waals surface area contributed by atoms with Gasteiger partial charge in [0.1, 0.15) is 0 Å². The van der Waals surface area contributed by atoms with Crippen molar-refractivity contribution in [3.05, 3.63) is 29.8 Å². The smallest absolute Gasteiger partial charge is 0.308 e. The van der Waals surface area contributed by atoms with Gasteiger partial charge >= 0.3 is 5.97 Å². The molecule has 0 radical (unpaired) electrons. The number of nitrogen functional groups attached to an aromatic ring is 1. The predicted octanol–water partition coefficient (Wildman–Crippen LogP) is 2.99. The molecule has 4 nitrogen and oxygen atoms in total. The Balaban J connectivity index is 1.93. The Hall–Kier alpha value is -1.55. The topological polar surface area (TPSA) is 55.6 Å². The second kappa shape index (κ2) is 6.94. The molecule has 2 rings (SSSR count).